The molecule has 0 saturated carbocycles. The Morgan fingerprint density at radius 1 is 1.03 bits per heavy atom. The summed E-state index contributed by atoms with van der Waals surface area (Å²) < 4.78 is 38.4. The molecule has 1 heterocycles. The van der Waals surface area contributed by atoms with Gasteiger partial charge in [-0.3, -0.25) is 4.79 Å². The highest BCUT2D eigenvalue weighted by atomic mass is 32.2. The molecular formula is C25H34N2O5S. The number of rotatable bonds is 7. The first-order valence-corrected chi connectivity index (χ1v) is 12.6. The monoisotopic (exact) mass is 474 g/mol. The van der Waals surface area contributed by atoms with Crippen LogP contribution in [0.15, 0.2) is 35.2 Å². The summed E-state index contributed by atoms with van der Waals surface area (Å²) in [5.41, 5.74) is 4.61. The summed E-state index contributed by atoms with van der Waals surface area (Å²) in [4.78, 5) is 13.2. The van der Waals surface area contributed by atoms with Crippen molar-refractivity contribution in [3.63, 3.8) is 0 Å². The molecule has 0 unspecified atom stereocenters. The molecule has 1 saturated heterocycles. The molecular weight excluding hydrogens is 440 g/mol. The average Bonchev–Trinajstić information content (AvgIpc) is 2.80. The zero-order chi connectivity index (χ0) is 24.3. The molecule has 1 aliphatic heterocycles. The van der Waals surface area contributed by atoms with Crippen molar-refractivity contribution in [3.05, 3.63) is 52.6 Å². The lowest BCUT2D eigenvalue weighted by Crippen LogP contribution is -2.45. The van der Waals surface area contributed by atoms with Gasteiger partial charge in [0.15, 0.2) is 11.5 Å². The van der Waals surface area contributed by atoms with Crippen LogP contribution < -0.4 is 14.8 Å². The van der Waals surface area contributed by atoms with E-state index in [1.165, 1.54) is 41.8 Å². The minimum atomic E-state index is -3.77. The highest BCUT2D eigenvalue weighted by Gasteiger charge is 2.34. The van der Waals surface area contributed by atoms with Gasteiger partial charge in [-0.25, -0.2) is 8.42 Å². The van der Waals surface area contributed by atoms with Gasteiger partial charge in [0.1, 0.15) is 0 Å². The van der Waals surface area contributed by atoms with Gasteiger partial charge in [0.25, 0.3) is 0 Å². The normalized spacial score (nSPS) is 17.9. The van der Waals surface area contributed by atoms with E-state index in [1.54, 1.807) is 6.07 Å². The van der Waals surface area contributed by atoms with E-state index in [4.69, 9.17) is 9.47 Å². The minimum absolute atomic E-state index is 0.118. The van der Waals surface area contributed by atoms with E-state index in [2.05, 4.69) is 31.3 Å². The van der Waals surface area contributed by atoms with Crippen LogP contribution in [0.5, 0.6) is 11.5 Å². The number of sulfonamides is 1. The standard InChI is InChI=1S/C25H34N2O5S/c1-16-12-18(3)22(13-17(16)2)19(4)26-25(28)20-8-7-11-27(15-20)33(29,30)21-9-10-23(31-5)24(14-21)32-6/h9-10,12-14,19-20H,7-8,11,15H2,1-6H3,(H,26,28)/t19-,20+/m1/s1. The maximum atomic E-state index is 13.3. The first kappa shape index (κ1) is 25.1. The molecule has 2 atom stereocenters. The first-order chi connectivity index (χ1) is 15.6. The molecule has 0 aromatic heterocycles. The smallest absolute Gasteiger partial charge is 0.243 e. The zero-order valence-electron chi connectivity index (χ0n) is 20.3. The van der Waals surface area contributed by atoms with Crippen molar-refractivity contribution in [1.82, 2.24) is 9.62 Å². The van der Waals surface area contributed by atoms with Gasteiger partial charge in [-0.05, 0) is 74.9 Å². The molecule has 7 nitrogen and oxygen atoms in total. The Kier molecular flexibility index (Phi) is 7.69. The van der Waals surface area contributed by atoms with E-state index >= 15 is 0 Å². The summed E-state index contributed by atoms with van der Waals surface area (Å²) in [5.74, 6) is 0.292. The second kappa shape index (κ2) is 10.1. The molecule has 1 amide bonds. The summed E-state index contributed by atoms with van der Waals surface area (Å²) in [6, 6.07) is 8.63. The van der Waals surface area contributed by atoms with Gasteiger partial charge >= 0.3 is 0 Å². The van der Waals surface area contributed by atoms with Gasteiger partial charge in [-0.1, -0.05) is 12.1 Å². The van der Waals surface area contributed by atoms with E-state index in [0.717, 1.165) is 11.1 Å². The fourth-order valence-electron chi connectivity index (χ4n) is 4.36. The molecule has 0 spiro atoms. The Morgan fingerprint density at radius 3 is 2.36 bits per heavy atom. The highest BCUT2D eigenvalue weighted by molar-refractivity contribution is 7.89. The van der Waals surface area contributed by atoms with E-state index in [-0.39, 0.29) is 23.4 Å². The number of nitrogens with zero attached hydrogens (tertiary/aromatic N) is 1. The first-order valence-electron chi connectivity index (χ1n) is 11.2. The van der Waals surface area contributed by atoms with E-state index < -0.39 is 15.9 Å². The van der Waals surface area contributed by atoms with Crippen molar-refractivity contribution in [2.24, 2.45) is 5.92 Å². The third-order valence-electron chi connectivity index (χ3n) is 6.46. The summed E-state index contributed by atoms with van der Waals surface area (Å²) >= 11 is 0. The van der Waals surface area contributed by atoms with Gasteiger partial charge in [-0.15, -0.1) is 0 Å². The minimum Gasteiger partial charge on any atom is -0.493 e. The van der Waals surface area contributed by atoms with Crippen LogP contribution in [0.25, 0.3) is 0 Å². The summed E-state index contributed by atoms with van der Waals surface area (Å²) in [6.45, 7) is 8.68. The third-order valence-corrected chi connectivity index (χ3v) is 8.32. The summed E-state index contributed by atoms with van der Waals surface area (Å²) in [7, 11) is -0.800. The molecule has 180 valence electrons. The Morgan fingerprint density at radius 2 is 1.70 bits per heavy atom. The van der Waals surface area contributed by atoms with Gasteiger partial charge in [0.05, 0.1) is 31.1 Å². The molecule has 3 rings (SSSR count). The van der Waals surface area contributed by atoms with Crippen molar-refractivity contribution in [3.8, 4) is 11.5 Å². The SMILES string of the molecule is COc1ccc(S(=O)(=O)N2CCC[C@H](C(=O)N[C@H](C)c3cc(C)c(C)cc3C)C2)cc1OC. The lowest BCUT2D eigenvalue weighted by molar-refractivity contribution is -0.126. The van der Waals surface area contributed by atoms with Gasteiger partial charge in [-0.2, -0.15) is 4.31 Å². The number of ether oxygens (including phenoxy) is 2. The highest BCUT2D eigenvalue weighted by Crippen LogP contribution is 2.32. The van der Waals surface area contributed by atoms with Crippen LogP contribution in [-0.4, -0.2) is 45.9 Å². The molecule has 0 bridgehead atoms. The Hall–Kier alpha value is -2.58. The number of nitrogens with one attached hydrogen (secondary N) is 1. The molecule has 0 radical (unpaired) electrons. The lowest BCUT2D eigenvalue weighted by Gasteiger charge is -2.32. The number of hydrogen-bond donors (Lipinski definition) is 1. The Bertz CT molecular complexity index is 1130. The Labute approximate surface area is 197 Å². The number of aryl methyl sites for hydroxylation is 3. The van der Waals surface area contributed by atoms with Crippen LogP contribution in [0.1, 0.15) is 48.1 Å². The predicted octanol–water partition coefficient (Wildman–Crippen LogP) is 3.91. The summed E-state index contributed by atoms with van der Waals surface area (Å²) in [5, 5.41) is 3.10. The van der Waals surface area contributed by atoms with Crippen molar-refractivity contribution < 1.29 is 22.7 Å². The number of carbonyl (C=O) groups is 1. The van der Waals surface area contributed by atoms with Gasteiger partial charge < -0.3 is 14.8 Å². The van der Waals surface area contributed by atoms with Crippen LogP contribution >= 0.6 is 0 Å². The summed E-state index contributed by atoms with van der Waals surface area (Å²) in [6.07, 6.45) is 1.28. The quantitative estimate of drug-likeness (QED) is 0.658. The molecule has 0 aliphatic carbocycles. The molecule has 2 aromatic rings. The third kappa shape index (κ3) is 5.33. The van der Waals surface area contributed by atoms with Crippen molar-refractivity contribution in [1.29, 1.82) is 0 Å². The topological polar surface area (TPSA) is 84.9 Å². The molecule has 8 heteroatoms. The molecule has 33 heavy (non-hydrogen) atoms. The van der Waals surface area contributed by atoms with Crippen molar-refractivity contribution in [2.75, 3.05) is 27.3 Å². The van der Waals surface area contributed by atoms with Crippen LogP contribution in [-0.2, 0) is 14.8 Å². The van der Waals surface area contributed by atoms with E-state index in [0.29, 0.717) is 30.9 Å². The number of hydrogen-bond acceptors (Lipinski definition) is 5. The molecule has 1 aliphatic rings. The number of carbonyl (C=O) groups excluding carboxylic acids is 1. The number of amides is 1. The number of methoxy groups -OCH3 is 2. The Balaban J connectivity index is 1.74. The zero-order valence-corrected chi connectivity index (χ0v) is 21.1. The van der Waals surface area contributed by atoms with Crippen LogP contribution in [0.4, 0.5) is 0 Å². The van der Waals surface area contributed by atoms with E-state index in [1.807, 2.05) is 13.8 Å². The molecule has 2 aromatic carbocycles. The maximum absolute atomic E-state index is 13.3. The second-order valence-electron chi connectivity index (χ2n) is 8.74. The van der Waals surface area contributed by atoms with Gasteiger partial charge in [0.2, 0.25) is 15.9 Å². The van der Waals surface area contributed by atoms with Crippen LogP contribution in [0, 0.1) is 26.7 Å². The number of piperidine rings is 1. The van der Waals surface area contributed by atoms with Gasteiger partial charge in [0, 0.05) is 19.2 Å². The average molecular weight is 475 g/mol. The molecule has 1 N–H and O–H groups in total. The van der Waals surface area contributed by atoms with E-state index in [9.17, 15) is 13.2 Å². The van der Waals surface area contributed by atoms with Crippen LogP contribution in [0.3, 0.4) is 0 Å². The fraction of sp³-hybridized carbons (Fsp3) is 0.480. The predicted molar refractivity (Wildman–Crippen MR) is 128 cm³/mol. The fourth-order valence-corrected chi connectivity index (χ4v) is 5.90. The van der Waals surface area contributed by atoms with Crippen LogP contribution in [0.2, 0.25) is 0 Å². The largest absolute Gasteiger partial charge is 0.493 e. The van der Waals surface area contributed by atoms with Crippen molar-refractivity contribution >= 4 is 15.9 Å². The lowest BCUT2D eigenvalue weighted by atomic mass is 9.95. The second-order valence-corrected chi connectivity index (χ2v) is 10.7. The molecule has 1 fully saturated rings. The maximum Gasteiger partial charge on any atom is 0.243 e. The number of benzene rings is 2. The van der Waals surface area contributed by atoms with Crippen molar-refractivity contribution in [2.45, 2.75) is 51.5 Å².